The van der Waals surface area contributed by atoms with Crippen molar-refractivity contribution in [3.8, 4) is 17.3 Å². The van der Waals surface area contributed by atoms with Gasteiger partial charge >= 0.3 is 0 Å². The number of rotatable bonds is 6. The van der Waals surface area contributed by atoms with Crippen molar-refractivity contribution in [2.75, 3.05) is 20.2 Å². The molecule has 0 amide bonds. The predicted octanol–water partition coefficient (Wildman–Crippen LogP) is 2.32. The average Bonchev–Trinajstić information content (AvgIpc) is 3.23. The molecule has 0 radical (unpaired) electrons. The molecule has 1 aliphatic rings. The zero-order valence-corrected chi connectivity index (χ0v) is 17.0. The van der Waals surface area contributed by atoms with Crippen molar-refractivity contribution < 1.29 is 22.1 Å². The minimum Gasteiger partial charge on any atom is -0.495 e. The molecular weight excluding hydrogens is 413 g/mol. The third kappa shape index (κ3) is 4.17. The Balaban J connectivity index is 1.50. The van der Waals surface area contributed by atoms with E-state index in [4.69, 9.17) is 9.26 Å². The highest BCUT2D eigenvalue weighted by molar-refractivity contribution is 7.89. The normalized spacial score (nSPS) is 17.7. The highest BCUT2D eigenvalue weighted by atomic mass is 32.2. The van der Waals surface area contributed by atoms with Crippen molar-refractivity contribution in [1.82, 2.24) is 24.4 Å². The van der Waals surface area contributed by atoms with E-state index in [1.807, 2.05) is 0 Å². The largest absolute Gasteiger partial charge is 0.495 e. The third-order valence-electron chi connectivity index (χ3n) is 4.95. The van der Waals surface area contributed by atoms with Gasteiger partial charge in [0.25, 0.3) is 0 Å². The van der Waals surface area contributed by atoms with Crippen LogP contribution in [0.4, 0.5) is 4.39 Å². The number of sulfonamides is 1. The maximum Gasteiger partial charge on any atom is 0.246 e. The summed E-state index contributed by atoms with van der Waals surface area (Å²) in [7, 11) is -2.55. The SMILES string of the molecule is COc1ccc(F)cc1S(=O)(=O)N1CCCC(Cc2nc(-c3cnccn3)no2)C1. The van der Waals surface area contributed by atoms with Crippen molar-refractivity contribution in [3.63, 3.8) is 0 Å². The van der Waals surface area contributed by atoms with E-state index in [1.165, 1.54) is 35.9 Å². The quantitative estimate of drug-likeness (QED) is 0.582. The first kappa shape index (κ1) is 20.4. The number of hydrogen-bond acceptors (Lipinski definition) is 8. The molecule has 1 atom stereocenters. The molecule has 11 heteroatoms. The van der Waals surface area contributed by atoms with Gasteiger partial charge in [-0.1, -0.05) is 5.16 Å². The van der Waals surface area contributed by atoms with E-state index in [9.17, 15) is 12.8 Å². The lowest BCUT2D eigenvalue weighted by atomic mass is 9.96. The van der Waals surface area contributed by atoms with Gasteiger partial charge < -0.3 is 9.26 Å². The van der Waals surface area contributed by atoms with Gasteiger partial charge in [0.1, 0.15) is 22.2 Å². The summed E-state index contributed by atoms with van der Waals surface area (Å²) in [6, 6.07) is 3.47. The Labute approximate surface area is 173 Å². The van der Waals surface area contributed by atoms with E-state index in [0.29, 0.717) is 36.8 Å². The van der Waals surface area contributed by atoms with Crippen LogP contribution in [0.1, 0.15) is 18.7 Å². The minimum atomic E-state index is -3.91. The van der Waals surface area contributed by atoms with Crippen molar-refractivity contribution in [2.24, 2.45) is 5.92 Å². The molecule has 30 heavy (non-hydrogen) atoms. The fourth-order valence-electron chi connectivity index (χ4n) is 3.51. The second kappa shape index (κ2) is 8.44. The van der Waals surface area contributed by atoms with Gasteiger partial charge in [-0.05, 0) is 37.0 Å². The molecule has 1 saturated heterocycles. The summed E-state index contributed by atoms with van der Waals surface area (Å²) >= 11 is 0. The Morgan fingerprint density at radius 2 is 2.20 bits per heavy atom. The molecule has 0 spiro atoms. The molecule has 0 saturated carbocycles. The van der Waals surface area contributed by atoms with E-state index >= 15 is 0 Å². The summed E-state index contributed by atoms with van der Waals surface area (Å²) < 4.78 is 51.8. The number of aromatic nitrogens is 4. The van der Waals surface area contributed by atoms with Crippen LogP contribution in [0.2, 0.25) is 0 Å². The smallest absolute Gasteiger partial charge is 0.246 e. The van der Waals surface area contributed by atoms with Crippen LogP contribution >= 0.6 is 0 Å². The number of benzene rings is 1. The number of ether oxygens (including phenoxy) is 1. The van der Waals surface area contributed by atoms with E-state index < -0.39 is 15.8 Å². The standard InChI is InChI=1S/C19H20FN5O4S/c1-28-16-5-4-14(20)10-17(16)30(26,27)25-8-2-3-13(12-25)9-18-23-19(24-29-18)15-11-21-6-7-22-15/h4-7,10-11,13H,2-3,8-9,12H2,1H3. The molecule has 1 aromatic carbocycles. The van der Waals surface area contributed by atoms with Crippen LogP contribution < -0.4 is 4.74 Å². The third-order valence-corrected chi connectivity index (χ3v) is 6.84. The molecular formula is C19H20FN5O4S. The first-order valence-electron chi connectivity index (χ1n) is 9.40. The van der Waals surface area contributed by atoms with Crippen LogP contribution in [0.5, 0.6) is 5.75 Å². The van der Waals surface area contributed by atoms with Crippen LogP contribution in [0.15, 0.2) is 46.2 Å². The lowest BCUT2D eigenvalue weighted by molar-refractivity contribution is 0.246. The maximum atomic E-state index is 13.7. The van der Waals surface area contributed by atoms with Gasteiger partial charge in [-0.25, -0.2) is 17.8 Å². The number of nitrogens with zero attached hydrogens (tertiary/aromatic N) is 5. The zero-order valence-electron chi connectivity index (χ0n) is 16.2. The minimum absolute atomic E-state index is 0.0109. The summed E-state index contributed by atoms with van der Waals surface area (Å²) in [6.45, 7) is 0.623. The molecule has 9 nitrogen and oxygen atoms in total. The topological polar surface area (TPSA) is 111 Å². The number of piperidine rings is 1. The van der Waals surface area contributed by atoms with E-state index in [0.717, 1.165) is 12.5 Å². The van der Waals surface area contributed by atoms with Crippen LogP contribution in [0.25, 0.3) is 11.5 Å². The highest BCUT2D eigenvalue weighted by Crippen LogP contribution is 2.31. The number of methoxy groups -OCH3 is 1. The van der Waals surface area contributed by atoms with Gasteiger partial charge in [-0.15, -0.1) is 0 Å². The Morgan fingerprint density at radius 3 is 2.97 bits per heavy atom. The monoisotopic (exact) mass is 433 g/mol. The predicted molar refractivity (Wildman–Crippen MR) is 103 cm³/mol. The van der Waals surface area contributed by atoms with Crippen LogP contribution in [-0.4, -0.2) is 53.0 Å². The molecule has 3 aromatic rings. The van der Waals surface area contributed by atoms with Crippen LogP contribution in [0, 0.1) is 11.7 Å². The van der Waals surface area contributed by atoms with Gasteiger partial charge in [-0.2, -0.15) is 9.29 Å². The summed E-state index contributed by atoms with van der Waals surface area (Å²) in [4.78, 5) is 12.3. The van der Waals surface area contributed by atoms with E-state index in [2.05, 4.69) is 20.1 Å². The summed E-state index contributed by atoms with van der Waals surface area (Å²) in [6.07, 6.45) is 6.54. The molecule has 1 unspecified atom stereocenters. The lowest BCUT2D eigenvalue weighted by Gasteiger charge is -2.31. The van der Waals surface area contributed by atoms with Gasteiger partial charge in [0.2, 0.25) is 21.7 Å². The Morgan fingerprint density at radius 1 is 1.33 bits per heavy atom. The molecule has 4 rings (SSSR count). The molecule has 1 fully saturated rings. The molecule has 0 aliphatic carbocycles. The zero-order chi connectivity index (χ0) is 21.1. The van der Waals surface area contributed by atoms with E-state index in [1.54, 1.807) is 6.20 Å². The molecule has 2 aromatic heterocycles. The van der Waals surface area contributed by atoms with Gasteiger partial charge in [0.15, 0.2) is 0 Å². The molecule has 0 bridgehead atoms. The Bertz CT molecular complexity index is 1120. The summed E-state index contributed by atoms with van der Waals surface area (Å²) in [5, 5.41) is 3.92. The second-order valence-corrected chi connectivity index (χ2v) is 8.88. The Kier molecular flexibility index (Phi) is 5.73. The van der Waals surface area contributed by atoms with Crippen molar-refractivity contribution in [2.45, 2.75) is 24.2 Å². The summed E-state index contributed by atoms with van der Waals surface area (Å²) in [5.41, 5.74) is 0.499. The van der Waals surface area contributed by atoms with Gasteiger partial charge in [0, 0.05) is 31.9 Å². The average molecular weight is 433 g/mol. The molecule has 158 valence electrons. The maximum absolute atomic E-state index is 13.7. The first-order valence-corrected chi connectivity index (χ1v) is 10.8. The highest BCUT2D eigenvalue weighted by Gasteiger charge is 2.33. The fourth-order valence-corrected chi connectivity index (χ4v) is 5.23. The van der Waals surface area contributed by atoms with Crippen molar-refractivity contribution in [3.05, 3.63) is 48.5 Å². The molecule has 1 aliphatic heterocycles. The van der Waals surface area contributed by atoms with E-state index in [-0.39, 0.29) is 23.1 Å². The van der Waals surface area contributed by atoms with Crippen molar-refractivity contribution in [1.29, 1.82) is 0 Å². The number of halogens is 1. The molecule has 3 heterocycles. The second-order valence-electron chi connectivity index (χ2n) is 6.97. The van der Waals surface area contributed by atoms with Crippen LogP contribution in [-0.2, 0) is 16.4 Å². The van der Waals surface area contributed by atoms with Gasteiger partial charge in [-0.3, -0.25) is 4.98 Å². The van der Waals surface area contributed by atoms with Crippen LogP contribution in [0.3, 0.4) is 0 Å². The van der Waals surface area contributed by atoms with Gasteiger partial charge in [0.05, 0.1) is 13.3 Å². The first-order chi connectivity index (χ1) is 14.5. The summed E-state index contributed by atoms with van der Waals surface area (Å²) in [5.74, 6) is 0.212. The fraction of sp³-hybridized carbons (Fsp3) is 0.368. The Hall–Kier alpha value is -2.92. The lowest BCUT2D eigenvalue weighted by Crippen LogP contribution is -2.40. The molecule has 0 N–H and O–H groups in total. The van der Waals surface area contributed by atoms with Crippen molar-refractivity contribution >= 4 is 10.0 Å². The number of hydrogen-bond donors (Lipinski definition) is 0.